The summed E-state index contributed by atoms with van der Waals surface area (Å²) in [6, 6.07) is 0.0194. The molecule has 34 heavy (non-hydrogen) atoms. The molecule has 0 fully saturated rings. The van der Waals surface area contributed by atoms with Gasteiger partial charge in [-0.3, -0.25) is 20.2 Å². The van der Waals surface area contributed by atoms with Crippen LogP contribution in [0.5, 0.6) is 0 Å². The van der Waals surface area contributed by atoms with E-state index in [9.17, 15) is 36.7 Å². The highest BCUT2D eigenvalue weighted by Gasteiger charge is 2.31. The quantitative estimate of drug-likeness (QED) is 0.161. The van der Waals surface area contributed by atoms with Crippen molar-refractivity contribution in [1.82, 2.24) is 16.1 Å². The average Bonchev–Trinajstić information content (AvgIpc) is 2.72. The van der Waals surface area contributed by atoms with Gasteiger partial charge in [-0.25, -0.2) is 19.4 Å². The third-order valence-electron chi connectivity index (χ3n) is 3.69. The van der Waals surface area contributed by atoms with E-state index < -0.39 is 53.5 Å². The Balaban J connectivity index is 3.03. The van der Waals surface area contributed by atoms with Crippen LogP contribution < -0.4 is 21.5 Å². The molecule has 0 bridgehead atoms. The third-order valence-corrected chi connectivity index (χ3v) is 4.92. The molecule has 10 nitrogen and oxygen atoms in total. The predicted octanol–water partition coefficient (Wildman–Crippen LogP) is 3.01. The van der Waals surface area contributed by atoms with E-state index in [2.05, 4.69) is 20.3 Å². The van der Waals surface area contributed by atoms with E-state index in [0.29, 0.717) is 18.2 Å². The second-order valence-corrected chi connectivity index (χ2v) is 7.56. The van der Waals surface area contributed by atoms with Crippen LogP contribution in [0.2, 0.25) is 0 Å². The molecule has 4 amide bonds. The number of thioether (sulfide) groups is 1. The Kier molecular flexibility index (Phi) is 11.6. The maximum absolute atomic E-state index is 14.3. The minimum Gasteiger partial charge on any atom is -0.450 e. The van der Waals surface area contributed by atoms with Gasteiger partial charge in [-0.05, 0) is 38.0 Å². The van der Waals surface area contributed by atoms with Gasteiger partial charge >= 0.3 is 18.4 Å². The number of hydrazine groups is 1. The van der Waals surface area contributed by atoms with Crippen molar-refractivity contribution in [3.05, 3.63) is 23.5 Å². The normalized spacial score (nSPS) is 11.9. The molecule has 4 N–H and O–H groups in total. The van der Waals surface area contributed by atoms with Crippen molar-refractivity contribution >= 4 is 41.5 Å². The van der Waals surface area contributed by atoms with E-state index >= 15 is 0 Å². The summed E-state index contributed by atoms with van der Waals surface area (Å²) in [7, 11) is 0. The van der Waals surface area contributed by atoms with E-state index in [0.717, 1.165) is 12.1 Å². The zero-order chi connectivity index (χ0) is 25.9. The molecular formula is C19H24F4N4O6S. The van der Waals surface area contributed by atoms with Crippen molar-refractivity contribution < 1.29 is 46.2 Å². The molecule has 0 aliphatic carbocycles. The van der Waals surface area contributed by atoms with Crippen LogP contribution in [0.4, 0.5) is 32.8 Å². The first kappa shape index (κ1) is 29.0. The predicted molar refractivity (Wildman–Crippen MR) is 113 cm³/mol. The lowest BCUT2D eigenvalue weighted by Gasteiger charge is -2.19. The fourth-order valence-corrected chi connectivity index (χ4v) is 3.01. The third kappa shape index (κ3) is 10.2. The van der Waals surface area contributed by atoms with Crippen molar-refractivity contribution in [2.24, 2.45) is 0 Å². The number of ether oxygens (including phenoxy) is 2. The summed E-state index contributed by atoms with van der Waals surface area (Å²) < 4.78 is 61.2. The summed E-state index contributed by atoms with van der Waals surface area (Å²) in [5.74, 6) is -4.67. The molecule has 1 rings (SSSR count). The van der Waals surface area contributed by atoms with Crippen LogP contribution in [0.3, 0.4) is 0 Å². The van der Waals surface area contributed by atoms with Gasteiger partial charge in [-0.1, -0.05) is 6.92 Å². The molecule has 15 heteroatoms. The number of nitrogens with one attached hydrogen (secondary N) is 4. The zero-order valence-corrected chi connectivity index (χ0v) is 19.2. The van der Waals surface area contributed by atoms with E-state index in [-0.39, 0.29) is 23.7 Å². The molecule has 0 radical (unpaired) electrons. The summed E-state index contributed by atoms with van der Waals surface area (Å²) in [6.45, 7) is 4.47. The van der Waals surface area contributed by atoms with Crippen LogP contribution in [0.1, 0.15) is 25.8 Å². The molecule has 0 saturated heterocycles. The van der Waals surface area contributed by atoms with Gasteiger partial charge in [-0.15, -0.1) is 11.8 Å². The topological polar surface area (TPSA) is 135 Å². The van der Waals surface area contributed by atoms with Gasteiger partial charge in [0.2, 0.25) is 0 Å². The number of carbonyl (C=O) groups excluding carboxylic acids is 4. The molecule has 0 spiro atoms. The van der Waals surface area contributed by atoms with E-state index in [1.54, 1.807) is 17.6 Å². The van der Waals surface area contributed by atoms with Crippen LogP contribution in [-0.4, -0.2) is 55.2 Å². The summed E-state index contributed by atoms with van der Waals surface area (Å²) >= 11 is 0.413. The molecule has 190 valence electrons. The smallest absolute Gasteiger partial charge is 0.413 e. The molecule has 1 aromatic carbocycles. The van der Waals surface area contributed by atoms with Crippen LogP contribution in [0.25, 0.3) is 0 Å². The summed E-state index contributed by atoms with van der Waals surface area (Å²) in [6.07, 6.45) is -6.36. The Bertz CT molecular complexity index is 900. The molecule has 1 unspecified atom stereocenters. The monoisotopic (exact) mass is 512 g/mol. The first-order chi connectivity index (χ1) is 15.9. The Hall–Kier alpha value is -3.07. The van der Waals surface area contributed by atoms with Crippen LogP contribution in [0.15, 0.2) is 17.0 Å². The van der Waals surface area contributed by atoms with Gasteiger partial charge in [0, 0.05) is 4.90 Å². The molecule has 0 heterocycles. The SMILES string of the molecule is CCCOC(=O)NC(=O)C(NNc1cc(SCC(F)(F)F)c(C)cc1F)C(=O)NC(=O)OCC. The number of hydrogen-bond donors (Lipinski definition) is 4. The fraction of sp³-hybridized carbons (Fsp3) is 0.474. The molecule has 0 aliphatic heterocycles. The highest BCUT2D eigenvalue weighted by Crippen LogP contribution is 2.32. The molecule has 0 saturated carbocycles. The van der Waals surface area contributed by atoms with Gasteiger partial charge in [-0.2, -0.15) is 13.2 Å². The maximum atomic E-state index is 14.3. The zero-order valence-electron chi connectivity index (χ0n) is 18.4. The Morgan fingerprint density at radius 3 is 2.15 bits per heavy atom. The van der Waals surface area contributed by atoms with Gasteiger partial charge in [0.05, 0.1) is 24.7 Å². The first-order valence-corrected chi connectivity index (χ1v) is 10.8. The standard InChI is InChI=1S/C19H24F4N4O6S/c1-4-6-33-18(31)25-16(29)14(15(28)24-17(30)32-5-2)27-26-12-8-13(10(3)7-11(12)20)34-9-19(21,22)23/h7-8,14,26-27H,4-6,9H2,1-3H3,(H,24,28,30)(H,25,29,31). The second-order valence-electron chi connectivity index (χ2n) is 6.54. The molecule has 0 aliphatic rings. The molecule has 1 aromatic rings. The summed E-state index contributed by atoms with van der Waals surface area (Å²) in [5, 5.41) is 3.52. The average molecular weight is 512 g/mol. The van der Waals surface area contributed by atoms with Crippen LogP contribution >= 0.6 is 11.8 Å². The molecule has 0 aromatic heterocycles. The minimum absolute atomic E-state index is 0.0164. The molecule has 1 atom stereocenters. The highest BCUT2D eigenvalue weighted by molar-refractivity contribution is 7.99. The number of alkyl carbamates (subject to hydrolysis) is 2. The van der Waals surface area contributed by atoms with Crippen molar-refractivity contribution in [1.29, 1.82) is 0 Å². The van der Waals surface area contributed by atoms with Crippen LogP contribution in [0, 0.1) is 12.7 Å². The number of imide groups is 2. The summed E-state index contributed by atoms with van der Waals surface area (Å²) in [5.41, 5.74) is 4.19. The van der Waals surface area contributed by atoms with Crippen molar-refractivity contribution in [2.75, 3.05) is 24.4 Å². The number of alkyl halides is 3. The number of carbonyl (C=O) groups is 4. The number of amides is 4. The fourth-order valence-electron chi connectivity index (χ4n) is 2.21. The first-order valence-electron chi connectivity index (χ1n) is 9.84. The highest BCUT2D eigenvalue weighted by atomic mass is 32.2. The van der Waals surface area contributed by atoms with Gasteiger partial charge in [0.1, 0.15) is 5.82 Å². The van der Waals surface area contributed by atoms with Gasteiger partial charge in [0.25, 0.3) is 11.8 Å². The van der Waals surface area contributed by atoms with Crippen molar-refractivity contribution in [3.63, 3.8) is 0 Å². The number of benzene rings is 1. The van der Waals surface area contributed by atoms with Crippen molar-refractivity contribution in [3.8, 4) is 0 Å². The number of hydrogen-bond acceptors (Lipinski definition) is 9. The number of anilines is 1. The Labute approximate surface area is 196 Å². The van der Waals surface area contributed by atoms with E-state index in [1.807, 2.05) is 0 Å². The maximum Gasteiger partial charge on any atom is 0.413 e. The number of rotatable bonds is 10. The number of halogens is 4. The van der Waals surface area contributed by atoms with E-state index in [4.69, 9.17) is 0 Å². The van der Waals surface area contributed by atoms with E-state index in [1.165, 1.54) is 13.8 Å². The number of aryl methyl sites for hydroxylation is 1. The minimum atomic E-state index is -4.46. The molecular weight excluding hydrogens is 488 g/mol. The second kappa shape index (κ2) is 13.6. The lowest BCUT2D eigenvalue weighted by Crippen LogP contribution is -2.57. The Morgan fingerprint density at radius 1 is 1.03 bits per heavy atom. The summed E-state index contributed by atoms with van der Waals surface area (Å²) in [4.78, 5) is 48.0. The van der Waals surface area contributed by atoms with Gasteiger partial charge in [0.15, 0.2) is 6.04 Å². The largest absolute Gasteiger partial charge is 0.450 e. The van der Waals surface area contributed by atoms with Crippen molar-refractivity contribution in [2.45, 2.75) is 44.3 Å². The Morgan fingerprint density at radius 2 is 1.62 bits per heavy atom. The lowest BCUT2D eigenvalue weighted by molar-refractivity contribution is -0.131. The van der Waals surface area contributed by atoms with Crippen LogP contribution in [-0.2, 0) is 19.1 Å². The van der Waals surface area contributed by atoms with Gasteiger partial charge < -0.3 is 14.9 Å². The lowest BCUT2D eigenvalue weighted by atomic mass is 10.2.